The third-order valence-electron chi connectivity index (χ3n) is 6.00. The Hall–Kier alpha value is -2.83. The van der Waals surface area contributed by atoms with Crippen molar-refractivity contribution in [2.24, 2.45) is 0 Å². The van der Waals surface area contributed by atoms with Crippen LogP contribution in [0.2, 0.25) is 0 Å². The summed E-state index contributed by atoms with van der Waals surface area (Å²) in [6.45, 7) is 3.01. The second-order valence-corrected chi connectivity index (χ2v) is 8.37. The van der Waals surface area contributed by atoms with E-state index in [4.69, 9.17) is 19.3 Å². The summed E-state index contributed by atoms with van der Waals surface area (Å²) in [6, 6.07) is 16.3. The van der Waals surface area contributed by atoms with Crippen LogP contribution < -0.4 is 9.47 Å². The van der Waals surface area contributed by atoms with E-state index < -0.39 is 0 Å². The molecule has 6 heteroatoms. The number of para-hydroxylation sites is 1. The summed E-state index contributed by atoms with van der Waals surface area (Å²) in [5, 5.41) is 4.95. The molecule has 3 aromatic rings. The van der Waals surface area contributed by atoms with E-state index in [1.54, 1.807) is 0 Å². The van der Waals surface area contributed by atoms with Crippen LogP contribution in [-0.2, 0) is 11.3 Å². The first kappa shape index (κ1) is 20.1. The van der Waals surface area contributed by atoms with Gasteiger partial charge in [0.1, 0.15) is 0 Å². The van der Waals surface area contributed by atoms with E-state index in [1.165, 1.54) is 24.8 Å². The summed E-state index contributed by atoms with van der Waals surface area (Å²) >= 11 is 0. The topological polar surface area (TPSA) is 48.8 Å². The molecule has 1 fully saturated rings. The Balaban J connectivity index is 1.39. The van der Waals surface area contributed by atoms with Crippen LogP contribution in [0.15, 0.2) is 54.7 Å². The molecule has 2 aromatic carbocycles. The zero-order chi connectivity index (χ0) is 21.0. The second kappa shape index (κ2) is 9.12. The van der Waals surface area contributed by atoms with Gasteiger partial charge in [-0.25, -0.2) is 4.68 Å². The maximum Gasteiger partial charge on any atom is 0.231 e. The van der Waals surface area contributed by atoms with Gasteiger partial charge in [0.15, 0.2) is 11.5 Å². The van der Waals surface area contributed by atoms with Crippen molar-refractivity contribution in [2.45, 2.75) is 38.3 Å². The number of hydrogen-bond donors (Lipinski definition) is 0. The van der Waals surface area contributed by atoms with Crippen molar-refractivity contribution < 1.29 is 14.2 Å². The summed E-state index contributed by atoms with van der Waals surface area (Å²) < 4.78 is 19.0. The molecule has 0 spiro atoms. The largest absolute Gasteiger partial charge is 0.454 e. The lowest BCUT2D eigenvalue weighted by atomic mass is 10.1. The first-order valence-corrected chi connectivity index (χ1v) is 11.1. The van der Waals surface area contributed by atoms with Gasteiger partial charge in [0.25, 0.3) is 0 Å². The Morgan fingerprint density at radius 1 is 1.06 bits per heavy atom. The minimum Gasteiger partial charge on any atom is -0.454 e. The molecule has 0 radical (unpaired) electrons. The molecule has 1 atom stereocenters. The van der Waals surface area contributed by atoms with Crippen LogP contribution in [0, 0.1) is 0 Å². The molecule has 3 heterocycles. The Morgan fingerprint density at radius 2 is 1.94 bits per heavy atom. The minimum atomic E-state index is 0.274. The summed E-state index contributed by atoms with van der Waals surface area (Å²) in [4.78, 5) is 2.36. The average molecular weight is 420 g/mol. The Kier molecular flexibility index (Phi) is 5.91. The highest BCUT2D eigenvalue weighted by Gasteiger charge is 2.20. The molecule has 6 nitrogen and oxygen atoms in total. The molecule has 0 bridgehead atoms. The summed E-state index contributed by atoms with van der Waals surface area (Å²) in [7, 11) is 2.17. The van der Waals surface area contributed by atoms with Crippen LogP contribution in [0.1, 0.15) is 31.2 Å². The maximum atomic E-state index is 5.91. The molecular weight excluding hydrogens is 390 g/mol. The summed E-state index contributed by atoms with van der Waals surface area (Å²) in [5.41, 5.74) is 4.25. The van der Waals surface area contributed by atoms with Gasteiger partial charge in [0.2, 0.25) is 6.79 Å². The van der Waals surface area contributed by atoms with Crippen molar-refractivity contribution in [3.63, 3.8) is 0 Å². The molecule has 0 N–H and O–H groups in total. The zero-order valence-corrected chi connectivity index (χ0v) is 18.0. The van der Waals surface area contributed by atoms with E-state index in [0.717, 1.165) is 54.6 Å². The summed E-state index contributed by atoms with van der Waals surface area (Å²) in [6.07, 6.45) is 7.28. The molecule has 2 aliphatic rings. The first-order valence-electron chi connectivity index (χ1n) is 11.1. The number of hydrogen-bond acceptors (Lipinski definition) is 5. The van der Waals surface area contributed by atoms with Gasteiger partial charge in [0, 0.05) is 37.0 Å². The quantitative estimate of drug-likeness (QED) is 0.558. The minimum absolute atomic E-state index is 0.274. The number of rotatable bonds is 7. The third kappa shape index (κ3) is 4.60. The summed E-state index contributed by atoms with van der Waals surface area (Å²) in [5.74, 6) is 1.57. The van der Waals surface area contributed by atoms with Crippen molar-refractivity contribution in [1.29, 1.82) is 0 Å². The molecule has 0 amide bonds. The van der Waals surface area contributed by atoms with Gasteiger partial charge in [-0.1, -0.05) is 18.2 Å². The van der Waals surface area contributed by atoms with Crippen molar-refractivity contribution in [3.8, 4) is 28.4 Å². The van der Waals surface area contributed by atoms with E-state index >= 15 is 0 Å². The van der Waals surface area contributed by atoms with E-state index in [2.05, 4.69) is 36.3 Å². The molecular formula is C25H29N3O3. The fourth-order valence-electron chi connectivity index (χ4n) is 4.29. The average Bonchev–Trinajstić information content (AvgIpc) is 3.45. The molecule has 1 unspecified atom stereocenters. The second-order valence-electron chi connectivity index (χ2n) is 8.37. The van der Waals surface area contributed by atoms with E-state index in [-0.39, 0.29) is 6.79 Å². The number of benzene rings is 2. The van der Waals surface area contributed by atoms with Gasteiger partial charge in [0.05, 0.1) is 17.5 Å². The predicted molar refractivity (Wildman–Crippen MR) is 120 cm³/mol. The molecule has 1 saturated heterocycles. The highest BCUT2D eigenvalue weighted by Crippen LogP contribution is 2.36. The Labute approximate surface area is 183 Å². The van der Waals surface area contributed by atoms with Crippen LogP contribution in [0.5, 0.6) is 11.5 Å². The van der Waals surface area contributed by atoms with E-state index in [9.17, 15) is 0 Å². The normalized spacial score (nSPS) is 17.9. The monoisotopic (exact) mass is 419 g/mol. The smallest absolute Gasteiger partial charge is 0.231 e. The molecule has 162 valence electrons. The van der Waals surface area contributed by atoms with Crippen molar-refractivity contribution in [2.75, 3.05) is 27.0 Å². The first-order chi connectivity index (χ1) is 15.3. The van der Waals surface area contributed by atoms with E-state index in [1.807, 2.05) is 35.0 Å². The fourth-order valence-corrected chi connectivity index (χ4v) is 4.29. The highest BCUT2D eigenvalue weighted by atomic mass is 16.7. The lowest BCUT2D eigenvalue weighted by molar-refractivity contribution is 0.00641. The van der Waals surface area contributed by atoms with Gasteiger partial charge in [-0.05, 0) is 63.1 Å². The predicted octanol–water partition coefficient (Wildman–Crippen LogP) is 4.66. The van der Waals surface area contributed by atoms with Crippen LogP contribution >= 0.6 is 0 Å². The van der Waals surface area contributed by atoms with Crippen molar-refractivity contribution in [1.82, 2.24) is 14.7 Å². The number of aromatic nitrogens is 2. The molecule has 0 saturated carbocycles. The SMILES string of the molecule is CN(CCC1CCCCO1)Cc1cn(-c2ccccc2)nc1-c1ccc2c(c1)OCO2. The van der Waals surface area contributed by atoms with Crippen LogP contribution in [0.25, 0.3) is 16.9 Å². The highest BCUT2D eigenvalue weighted by molar-refractivity contribution is 5.67. The number of nitrogens with zero attached hydrogens (tertiary/aromatic N) is 3. The van der Waals surface area contributed by atoms with Gasteiger partial charge in [-0.3, -0.25) is 0 Å². The van der Waals surface area contributed by atoms with Crippen molar-refractivity contribution >= 4 is 0 Å². The van der Waals surface area contributed by atoms with Gasteiger partial charge >= 0.3 is 0 Å². The standard InChI is InChI=1S/C25H29N3O3/c1-27(13-12-22-9-5-6-14-29-22)16-20-17-28(21-7-3-2-4-8-21)26-25(20)19-10-11-23-24(15-19)31-18-30-23/h2-4,7-8,10-11,15,17,22H,5-6,9,12-14,16,18H2,1H3. The van der Waals surface area contributed by atoms with Gasteiger partial charge < -0.3 is 19.1 Å². The van der Waals surface area contributed by atoms with Gasteiger partial charge in [-0.2, -0.15) is 5.10 Å². The van der Waals surface area contributed by atoms with Crippen LogP contribution in [0.3, 0.4) is 0 Å². The lowest BCUT2D eigenvalue weighted by Crippen LogP contribution is -2.26. The van der Waals surface area contributed by atoms with Crippen LogP contribution in [-0.4, -0.2) is 47.8 Å². The fraction of sp³-hybridized carbons (Fsp3) is 0.400. The van der Waals surface area contributed by atoms with Gasteiger partial charge in [-0.15, -0.1) is 0 Å². The van der Waals surface area contributed by atoms with E-state index in [0.29, 0.717) is 6.10 Å². The Morgan fingerprint density at radius 3 is 2.77 bits per heavy atom. The Bertz CT molecular complexity index is 1010. The molecule has 5 rings (SSSR count). The lowest BCUT2D eigenvalue weighted by Gasteiger charge is -2.25. The molecule has 0 aliphatic carbocycles. The molecule has 31 heavy (non-hydrogen) atoms. The van der Waals surface area contributed by atoms with Crippen molar-refractivity contribution in [3.05, 3.63) is 60.3 Å². The molecule has 1 aromatic heterocycles. The maximum absolute atomic E-state index is 5.91. The zero-order valence-electron chi connectivity index (χ0n) is 18.0. The number of fused-ring (bicyclic) bond motifs is 1. The van der Waals surface area contributed by atoms with Crippen LogP contribution in [0.4, 0.5) is 0 Å². The number of ether oxygens (including phenoxy) is 3. The molecule has 2 aliphatic heterocycles. The third-order valence-corrected chi connectivity index (χ3v) is 6.00.